The molecule has 25 heavy (non-hydrogen) atoms. The zero-order valence-corrected chi connectivity index (χ0v) is 15.0. The summed E-state index contributed by atoms with van der Waals surface area (Å²) in [6.07, 6.45) is 0. The first-order valence-electron chi connectivity index (χ1n) is 7.25. The Morgan fingerprint density at radius 2 is 1.88 bits per heavy atom. The lowest BCUT2D eigenvalue weighted by atomic mass is 10.2. The Balaban J connectivity index is 1.77. The summed E-state index contributed by atoms with van der Waals surface area (Å²) in [5, 5.41) is 24.3. The van der Waals surface area contributed by atoms with E-state index in [4.69, 9.17) is 34.8 Å². The van der Waals surface area contributed by atoms with Gasteiger partial charge in [-0.15, -0.1) is 0 Å². The van der Waals surface area contributed by atoms with E-state index in [2.05, 4.69) is 26.9 Å². The quantitative estimate of drug-likeness (QED) is 0.528. The molecule has 0 unspecified atom stereocenters. The highest BCUT2D eigenvalue weighted by Crippen LogP contribution is 2.27. The van der Waals surface area contributed by atoms with Crippen molar-refractivity contribution in [2.45, 2.75) is 6.54 Å². The number of anilines is 3. The molecule has 1 heterocycles. The van der Waals surface area contributed by atoms with Crippen molar-refractivity contribution in [2.24, 2.45) is 0 Å². The lowest BCUT2D eigenvalue weighted by molar-refractivity contribution is 1.05. The number of rotatable bonds is 5. The van der Waals surface area contributed by atoms with E-state index in [9.17, 15) is 5.26 Å². The van der Waals surface area contributed by atoms with Crippen LogP contribution in [-0.4, -0.2) is 10.2 Å². The van der Waals surface area contributed by atoms with Gasteiger partial charge in [0.1, 0.15) is 17.5 Å². The SMILES string of the molecule is N#Cc1c(NCc2ccc(Cl)cc2Cl)n[nH]c1Nc1cccc(Cl)c1. The van der Waals surface area contributed by atoms with E-state index in [1.807, 2.05) is 18.2 Å². The Bertz CT molecular complexity index is 946. The van der Waals surface area contributed by atoms with Crippen molar-refractivity contribution in [1.29, 1.82) is 5.26 Å². The molecule has 0 saturated heterocycles. The molecule has 0 amide bonds. The Morgan fingerprint density at radius 1 is 1.08 bits per heavy atom. The fraction of sp³-hybridized carbons (Fsp3) is 0.0588. The van der Waals surface area contributed by atoms with Gasteiger partial charge >= 0.3 is 0 Å². The molecule has 3 aromatic rings. The zero-order valence-electron chi connectivity index (χ0n) is 12.8. The van der Waals surface area contributed by atoms with Crippen LogP contribution in [0.15, 0.2) is 42.5 Å². The predicted molar refractivity (Wildman–Crippen MR) is 102 cm³/mol. The average Bonchev–Trinajstić information content (AvgIpc) is 2.95. The minimum absolute atomic E-state index is 0.366. The van der Waals surface area contributed by atoms with Gasteiger partial charge in [-0.2, -0.15) is 10.4 Å². The maximum atomic E-state index is 9.45. The summed E-state index contributed by atoms with van der Waals surface area (Å²) in [5.74, 6) is 0.910. The second-order valence-electron chi connectivity index (χ2n) is 5.16. The van der Waals surface area contributed by atoms with Crippen molar-refractivity contribution in [3.05, 3.63) is 68.7 Å². The maximum absolute atomic E-state index is 9.45. The van der Waals surface area contributed by atoms with E-state index in [0.29, 0.717) is 38.8 Å². The molecule has 1 aromatic heterocycles. The lowest BCUT2D eigenvalue weighted by Crippen LogP contribution is -2.02. The van der Waals surface area contributed by atoms with Gasteiger partial charge in [0, 0.05) is 27.3 Å². The second kappa shape index (κ2) is 7.66. The van der Waals surface area contributed by atoms with Crippen molar-refractivity contribution < 1.29 is 0 Å². The summed E-state index contributed by atoms with van der Waals surface area (Å²) >= 11 is 18.0. The number of nitrogens with one attached hydrogen (secondary N) is 3. The summed E-state index contributed by atoms with van der Waals surface area (Å²) in [5.41, 5.74) is 1.97. The highest BCUT2D eigenvalue weighted by Gasteiger charge is 2.13. The first-order valence-corrected chi connectivity index (χ1v) is 8.39. The fourth-order valence-electron chi connectivity index (χ4n) is 2.22. The summed E-state index contributed by atoms with van der Waals surface area (Å²) < 4.78 is 0. The number of hydrogen-bond donors (Lipinski definition) is 3. The molecule has 0 atom stereocenters. The first kappa shape index (κ1) is 17.4. The van der Waals surface area contributed by atoms with Gasteiger partial charge in [0.05, 0.1) is 0 Å². The highest BCUT2D eigenvalue weighted by atomic mass is 35.5. The standard InChI is InChI=1S/C17H12Cl3N5/c18-11-2-1-3-13(6-11)23-17-14(8-21)16(24-25-17)22-9-10-4-5-12(19)7-15(10)20/h1-7H,9H2,(H3,22,23,24,25). The molecule has 0 aliphatic carbocycles. The number of benzene rings is 2. The van der Waals surface area contributed by atoms with Crippen LogP contribution in [0.5, 0.6) is 0 Å². The average molecular weight is 393 g/mol. The van der Waals surface area contributed by atoms with E-state index < -0.39 is 0 Å². The van der Waals surface area contributed by atoms with Crippen molar-refractivity contribution in [1.82, 2.24) is 10.2 Å². The zero-order chi connectivity index (χ0) is 17.8. The lowest BCUT2D eigenvalue weighted by Gasteiger charge is -2.07. The molecule has 2 aromatic carbocycles. The molecule has 5 nitrogen and oxygen atoms in total. The van der Waals surface area contributed by atoms with Gasteiger partial charge < -0.3 is 10.6 Å². The smallest absolute Gasteiger partial charge is 0.168 e. The van der Waals surface area contributed by atoms with E-state index >= 15 is 0 Å². The summed E-state index contributed by atoms with van der Waals surface area (Å²) in [7, 11) is 0. The molecule has 0 saturated carbocycles. The molecule has 8 heteroatoms. The molecule has 126 valence electrons. The summed E-state index contributed by atoms with van der Waals surface area (Å²) in [4.78, 5) is 0. The monoisotopic (exact) mass is 391 g/mol. The van der Waals surface area contributed by atoms with Crippen LogP contribution in [0.2, 0.25) is 15.1 Å². The van der Waals surface area contributed by atoms with Gasteiger partial charge in [-0.3, -0.25) is 5.10 Å². The van der Waals surface area contributed by atoms with Crippen LogP contribution in [0.25, 0.3) is 0 Å². The summed E-state index contributed by atoms with van der Waals surface area (Å²) in [6, 6.07) is 14.6. The summed E-state index contributed by atoms with van der Waals surface area (Å²) in [6.45, 7) is 0.409. The van der Waals surface area contributed by atoms with Gasteiger partial charge in [0.25, 0.3) is 0 Å². The fourth-order valence-corrected chi connectivity index (χ4v) is 2.89. The van der Waals surface area contributed by atoms with Crippen LogP contribution in [0.3, 0.4) is 0 Å². The third-order valence-electron chi connectivity index (χ3n) is 3.43. The van der Waals surface area contributed by atoms with E-state index in [0.717, 1.165) is 11.3 Å². The Kier molecular flexibility index (Phi) is 5.34. The highest BCUT2D eigenvalue weighted by molar-refractivity contribution is 6.35. The van der Waals surface area contributed by atoms with Crippen molar-refractivity contribution >= 4 is 52.1 Å². The van der Waals surface area contributed by atoms with Crippen LogP contribution in [-0.2, 0) is 6.54 Å². The normalized spacial score (nSPS) is 10.3. The third-order valence-corrected chi connectivity index (χ3v) is 4.26. The molecule has 0 radical (unpaired) electrons. The number of hydrogen-bond acceptors (Lipinski definition) is 4. The molecule has 3 N–H and O–H groups in total. The van der Waals surface area contributed by atoms with E-state index in [1.165, 1.54) is 0 Å². The number of nitriles is 1. The minimum atomic E-state index is 0.366. The van der Waals surface area contributed by atoms with Gasteiger partial charge in [-0.25, -0.2) is 0 Å². The van der Waals surface area contributed by atoms with Crippen molar-refractivity contribution in [3.8, 4) is 6.07 Å². The predicted octanol–water partition coefficient (Wildman–Crippen LogP) is 5.60. The number of halogens is 3. The molecule has 3 rings (SSSR count). The van der Waals surface area contributed by atoms with E-state index in [1.54, 1.807) is 24.3 Å². The molecule has 0 fully saturated rings. The number of aromatic amines is 1. The maximum Gasteiger partial charge on any atom is 0.168 e. The van der Waals surface area contributed by atoms with Crippen molar-refractivity contribution in [2.75, 3.05) is 10.6 Å². The third kappa shape index (κ3) is 4.18. The first-order chi connectivity index (χ1) is 12.1. The van der Waals surface area contributed by atoms with Crippen LogP contribution in [0, 0.1) is 11.3 Å². The van der Waals surface area contributed by atoms with Crippen LogP contribution in [0.4, 0.5) is 17.3 Å². The van der Waals surface area contributed by atoms with Gasteiger partial charge in [0.2, 0.25) is 0 Å². The van der Waals surface area contributed by atoms with Gasteiger partial charge in [-0.1, -0.05) is 46.9 Å². The largest absolute Gasteiger partial charge is 0.363 e. The Hall–Kier alpha value is -2.39. The van der Waals surface area contributed by atoms with Crippen LogP contribution < -0.4 is 10.6 Å². The number of nitrogens with zero attached hydrogens (tertiary/aromatic N) is 2. The van der Waals surface area contributed by atoms with Gasteiger partial charge in [0.15, 0.2) is 5.82 Å². The number of H-pyrrole nitrogens is 1. The van der Waals surface area contributed by atoms with Crippen molar-refractivity contribution in [3.63, 3.8) is 0 Å². The van der Waals surface area contributed by atoms with Gasteiger partial charge in [-0.05, 0) is 35.9 Å². The molecule has 0 bridgehead atoms. The molecular weight excluding hydrogens is 381 g/mol. The molecule has 0 spiro atoms. The van der Waals surface area contributed by atoms with E-state index in [-0.39, 0.29) is 0 Å². The Labute approximate surface area is 159 Å². The Morgan fingerprint density at radius 3 is 2.60 bits per heavy atom. The minimum Gasteiger partial charge on any atom is -0.363 e. The second-order valence-corrected chi connectivity index (χ2v) is 6.44. The molecule has 0 aliphatic heterocycles. The molecule has 0 aliphatic rings. The van der Waals surface area contributed by atoms with Crippen LogP contribution >= 0.6 is 34.8 Å². The topological polar surface area (TPSA) is 76.5 Å². The molecular formula is C17H12Cl3N5. The van der Waals surface area contributed by atoms with Crippen LogP contribution in [0.1, 0.15) is 11.1 Å². The number of aromatic nitrogens is 2.